The number of aliphatic imine (C=N–C) groups is 1. The SMILES string of the molecule is O=C1NC(=Nc2ccccc2)S[C@@H]1Cc1ccccc1Cl. The molecule has 1 amide bonds. The molecule has 1 heterocycles. The normalized spacial score (nSPS) is 19.8. The monoisotopic (exact) mass is 316 g/mol. The zero-order valence-corrected chi connectivity index (χ0v) is 12.7. The van der Waals surface area contributed by atoms with Crippen LogP contribution in [-0.2, 0) is 11.2 Å². The molecule has 1 N–H and O–H groups in total. The van der Waals surface area contributed by atoms with Gasteiger partial charge in [-0.1, -0.05) is 59.8 Å². The van der Waals surface area contributed by atoms with E-state index in [1.807, 2.05) is 54.6 Å². The summed E-state index contributed by atoms with van der Waals surface area (Å²) in [5.41, 5.74) is 1.81. The van der Waals surface area contributed by atoms with Gasteiger partial charge < -0.3 is 5.32 Å². The Morgan fingerprint density at radius 1 is 1.10 bits per heavy atom. The van der Waals surface area contributed by atoms with Crippen molar-refractivity contribution in [2.45, 2.75) is 11.7 Å². The standard InChI is InChI=1S/C16H13ClN2OS/c17-13-9-5-4-6-11(13)10-14-15(20)19-16(21-14)18-12-7-2-1-3-8-12/h1-9,14H,10H2,(H,18,19,20)/t14-/m1/s1. The molecule has 0 aromatic heterocycles. The summed E-state index contributed by atoms with van der Waals surface area (Å²) in [4.78, 5) is 16.5. The molecular formula is C16H13ClN2OS. The van der Waals surface area contributed by atoms with Crippen LogP contribution in [0.4, 0.5) is 5.69 Å². The van der Waals surface area contributed by atoms with Gasteiger partial charge >= 0.3 is 0 Å². The Labute approximate surface area is 132 Å². The maximum Gasteiger partial charge on any atom is 0.239 e. The number of nitrogens with one attached hydrogen (secondary N) is 1. The fraction of sp³-hybridized carbons (Fsp3) is 0.125. The van der Waals surface area contributed by atoms with Crippen molar-refractivity contribution in [3.63, 3.8) is 0 Å². The third-order valence-electron chi connectivity index (χ3n) is 3.13. The van der Waals surface area contributed by atoms with Crippen LogP contribution in [0.1, 0.15) is 5.56 Å². The van der Waals surface area contributed by atoms with E-state index >= 15 is 0 Å². The molecule has 0 aliphatic carbocycles. The van der Waals surface area contributed by atoms with E-state index in [0.29, 0.717) is 16.6 Å². The van der Waals surface area contributed by atoms with E-state index in [1.54, 1.807) is 0 Å². The lowest BCUT2D eigenvalue weighted by Crippen LogP contribution is -2.26. The fourth-order valence-electron chi connectivity index (χ4n) is 2.08. The smallest absolute Gasteiger partial charge is 0.239 e. The molecule has 1 aliphatic heterocycles. The molecule has 3 rings (SSSR count). The number of rotatable bonds is 3. The molecule has 21 heavy (non-hydrogen) atoms. The molecule has 1 aliphatic rings. The third kappa shape index (κ3) is 3.46. The first-order valence-electron chi connectivity index (χ1n) is 6.57. The van der Waals surface area contributed by atoms with Crippen LogP contribution in [0, 0.1) is 0 Å². The minimum absolute atomic E-state index is 0.0189. The lowest BCUT2D eigenvalue weighted by molar-refractivity contribution is -0.118. The Bertz CT molecular complexity index is 688. The van der Waals surface area contributed by atoms with E-state index in [9.17, 15) is 4.79 Å². The third-order valence-corrected chi connectivity index (χ3v) is 4.58. The number of benzene rings is 2. The Kier molecular flexibility index (Phi) is 4.27. The minimum atomic E-state index is -0.188. The van der Waals surface area contributed by atoms with E-state index in [-0.39, 0.29) is 11.2 Å². The Morgan fingerprint density at radius 3 is 2.57 bits per heavy atom. The number of thioether (sulfide) groups is 1. The molecule has 0 radical (unpaired) electrons. The molecule has 0 bridgehead atoms. The second kappa shape index (κ2) is 6.33. The van der Waals surface area contributed by atoms with Crippen LogP contribution >= 0.6 is 23.4 Å². The first-order valence-corrected chi connectivity index (χ1v) is 7.83. The number of nitrogens with zero attached hydrogens (tertiary/aromatic N) is 1. The van der Waals surface area contributed by atoms with Crippen LogP contribution in [0.3, 0.4) is 0 Å². The predicted octanol–water partition coefficient (Wildman–Crippen LogP) is 3.80. The fourth-order valence-corrected chi connectivity index (χ4v) is 3.30. The quantitative estimate of drug-likeness (QED) is 0.935. The number of amidine groups is 1. The molecule has 1 atom stereocenters. The van der Waals surface area contributed by atoms with Gasteiger partial charge in [-0.3, -0.25) is 4.79 Å². The Hall–Kier alpha value is -1.78. The van der Waals surface area contributed by atoms with Gasteiger partial charge in [0.2, 0.25) is 5.91 Å². The Morgan fingerprint density at radius 2 is 1.81 bits per heavy atom. The highest BCUT2D eigenvalue weighted by Gasteiger charge is 2.30. The van der Waals surface area contributed by atoms with Gasteiger partial charge in [-0.05, 0) is 30.2 Å². The second-order valence-corrected chi connectivity index (χ2v) is 6.24. The van der Waals surface area contributed by atoms with Gasteiger partial charge in [0.25, 0.3) is 0 Å². The molecule has 3 nitrogen and oxygen atoms in total. The van der Waals surface area contributed by atoms with Crippen molar-refractivity contribution in [3.8, 4) is 0 Å². The lowest BCUT2D eigenvalue weighted by atomic mass is 10.1. The van der Waals surface area contributed by atoms with Crippen LogP contribution in [0.25, 0.3) is 0 Å². The van der Waals surface area contributed by atoms with Crippen LogP contribution in [0.15, 0.2) is 59.6 Å². The van der Waals surface area contributed by atoms with Gasteiger partial charge in [-0.25, -0.2) is 4.99 Å². The van der Waals surface area contributed by atoms with Gasteiger partial charge in [0, 0.05) is 5.02 Å². The van der Waals surface area contributed by atoms with Crippen LogP contribution in [0.5, 0.6) is 0 Å². The van der Waals surface area contributed by atoms with Crippen molar-refractivity contribution in [1.29, 1.82) is 0 Å². The van der Waals surface area contributed by atoms with E-state index in [2.05, 4.69) is 10.3 Å². The Balaban J connectivity index is 1.74. The summed E-state index contributed by atoms with van der Waals surface area (Å²) in [5, 5.41) is 3.97. The molecule has 106 valence electrons. The molecule has 2 aromatic rings. The first kappa shape index (κ1) is 14.2. The largest absolute Gasteiger partial charge is 0.304 e. The van der Waals surface area contributed by atoms with Crippen molar-refractivity contribution < 1.29 is 4.79 Å². The maximum absolute atomic E-state index is 12.0. The minimum Gasteiger partial charge on any atom is -0.304 e. The van der Waals surface area contributed by atoms with Gasteiger partial charge in [0.05, 0.1) is 10.9 Å². The van der Waals surface area contributed by atoms with Crippen LogP contribution in [0.2, 0.25) is 5.02 Å². The van der Waals surface area contributed by atoms with Crippen LogP contribution in [-0.4, -0.2) is 16.3 Å². The molecule has 5 heteroatoms. The zero-order chi connectivity index (χ0) is 14.7. The molecule has 2 aromatic carbocycles. The average Bonchev–Trinajstić information content (AvgIpc) is 2.82. The van der Waals surface area contributed by atoms with Crippen molar-refractivity contribution in [3.05, 3.63) is 65.2 Å². The lowest BCUT2D eigenvalue weighted by Gasteiger charge is -2.06. The summed E-state index contributed by atoms with van der Waals surface area (Å²) in [6, 6.07) is 17.2. The van der Waals surface area contributed by atoms with E-state index < -0.39 is 0 Å². The maximum atomic E-state index is 12.0. The van der Waals surface area contributed by atoms with Crippen molar-refractivity contribution in [2.24, 2.45) is 4.99 Å². The number of carbonyl (C=O) groups excluding carboxylic acids is 1. The van der Waals surface area contributed by atoms with Crippen LogP contribution < -0.4 is 5.32 Å². The van der Waals surface area contributed by atoms with Crippen molar-refractivity contribution >= 4 is 40.1 Å². The van der Waals surface area contributed by atoms with Gasteiger partial charge in [0.15, 0.2) is 5.17 Å². The van der Waals surface area contributed by atoms with Crippen molar-refractivity contribution in [2.75, 3.05) is 0 Å². The zero-order valence-electron chi connectivity index (χ0n) is 11.1. The summed E-state index contributed by atoms with van der Waals surface area (Å²) >= 11 is 7.59. The number of para-hydroxylation sites is 1. The molecule has 0 unspecified atom stereocenters. The molecular weight excluding hydrogens is 304 g/mol. The number of hydrogen-bond donors (Lipinski definition) is 1. The highest BCUT2D eigenvalue weighted by atomic mass is 35.5. The van der Waals surface area contributed by atoms with Gasteiger partial charge in [0.1, 0.15) is 0 Å². The second-order valence-electron chi connectivity index (χ2n) is 4.64. The highest BCUT2D eigenvalue weighted by Crippen LogP contribution is 2.27. The van der Waals surface area contributed by atoms with E-state index in [1.165, 1.54) is 11.8 Å². The molecule has 1 fully saturated rings. The summed E-state index contributed by atoms with van der Waals surface area (Å²) < 4.78 is 0. The summed E-state index contributed by atoms with van der Waals surface area (Å²) in [6.07, 6.45) is 0.601. The van der Waals surface area contributed by atoms with Crippen molar-refractivity contribution in [1.82, 2.24) is 5.32 Å². The number of hydrogen-bond acceptors (Lipinski definition) is 3. The summed E-state index contributed by atoms with van der Waals surface area (Å²) in [7, 11) is 0. The van der Waals surface area contributed by atoms with E-state index in [0.717, 1.165) is 11.3 Å². The molecule has 0 spiro atoms. The van der Waals surface area contributed by atoms with Gasteiger partial charge in [-0.15, -0.1) is 0 Å². The predicted molar refractivity (Wildman–Crippen MR) is 88.2 cm³/mol. The average molecular weight is 317 g/mol. The first-order chi connectivity index (χ1) is 10.2. The highest BCUT2D eigenvalue weighted by molar-refractivity contribution is 8.15. The molecule has 0 saturated carbocycles. The number of carbonyl (C=O) groups is 1. The summed E-state index contributed by atoms with van der Waals surface area (Å²) in [5.74, 6) is -0.0189. The van der Waals surface area contributed by atoms with Gasteiger partial charge in [-0.2, -0.15) is 0 Å². The number of halogens is 1. The number of amides is 1. The molecule has 1 saturated heterocycles. The summed E-state index contributed by atoms with van der Waals surface area (Å²) in [6.45, 7) is 0. The van der Waals surface area contributed by atoms with E-state index in [4.69, 9.17) is 11.6 Å². The topological polar surface area (TPSA) is 41.5 Å².